The molecule has 0 bridgehead atoms. The van der Waals surface area contributed by atoms with Crippen LogP contribution < -0.4 is 0 Å². The Morgan fingerprint density at radius 1 is 1.18 bits per heavy atom. The van der Waals surface area contributed by atoms with E-state index in [-0.39, 0.29) is 6.10 Å². The second kappa shape index (κ2) is 6.19. The van der Waals surface area contributed by atoms with Crippen molar-refractivity contribution in [2.75, 3.05) is 6.54 Å². The van der Waals surface area contributed by atoms with Crippen LogP contribution in [0.25, 0.3) is 0 Å². The van der Waals surface area contributed by atoms with E-state index >= 15 is 0 Å². The third-order valence-electron chi connectivity index (χ3n) is 4.91. The Morgan fingerprint density at radius 2 is 1.94 bits per heavy atom. The minimum atomic E-state index is -0.107. The van der Waals surface area contributed by atoms with Crippen LogP contribution in [0, 0.1) is 5.92 Å². The molecule has 0 aromatic carbocycles. The summed E-state index contributed by atoms with van der Waals surface area (Å²) >= 11 is 0. The van der Waals surface area contributed by atoms with Crippen molar-refractivity contribution in [2.24, 2.45) is 5.92 Å². The molecule has 4 unspecified atom stereocenters. The minimum Gasteiger partial charge on any atom is -0.391 e. The highest BCUT2D eigenvalue weighted by molar-refractivity contribution is 4.93. The zero-order valence-electron chi connectivity index (χ0n) is 11.6. The summed E-state index contributed by atoms with van der Waals surface area (Å²) in [6.45, 7) is 5.63. The maximum absolute atomic E-state index is 10.3. The van der Waals surface area contributed by atoms with Gasteiger partial charge in [0.25, 0.3) is 0 Å². The lowest BCUT2D eigenvalue weighted by Gasteiger charge is -2.44. The number of fused-ring (bicyclic) bond motifs is 1. The van der Waals surface area contributed by atoms with E-state index in [0.717, 1.165) is 31.2 Å². The van der Waals surface area contributed by atoms with E-state index < -0.39 is 0 Å². The first kappa shape index (κ1) is 13.4. The molecule has 1 aliphatic carbocycles. The molecule has 1 saturated carbocycles. The molecular formula is C15H29NO. The van der Waals surface area contributed by atoms with Crippen LogP contribution in [0.4, 0.5) is 0 Å². The molecule has 0 aromatic rings. The second-order valence-electron chi connectivity index (χ2n) is 5.97. The Hall–Kier alpha value is -0.0800. The van der Waals surface area contributed by atoms with Crippen LogP contribution in [0.3, 0.4) is 0 Å². The molecule has 1 saturated heterocycles. The highest BCUT2D eigenvalue weighted by atomic mass is 16.3. The van der Waals surface area contributed by atoms with E-state index in [1.807, 2.05) is 0 Å². The summed E-state index contributed by atoms with van der Waals surface area (Å²) in [4.78, 5) is 2.67. The van der Waals surface area contributed by atoms with Crippen molar-refractivity contribution in [1.29, 1.82) is 0 Å². The lowest BCUT2D eigenvalue weighted by molar-refractivity contribution is -0.0101. The summed E-state index contributed by atoms with van der Waals surface area (Å²) in [7, 11) is 0. The molecule has 4 atom stereocenters. The van der Waals surface area contributed by atoms with Gasteiger partial charge < -0.3 is 5.11 Å². The molecule has 17 heavy (non-hydrogen) atoms. The smallest absolute Gasteiger partial charge is 0.0695 e. The lowest BCUT2D eigenvalue weighted by atomic mass is 9.88. The van der Waals surface area contributed by atoms with E-state index in [1.165, 1.54) is 38.6 Å². The van der Waals surface area contributed by atoms with Gasteiger partial charge in [0.2, 0.25) is 0 Å². The van der Waals surface area contributed by atoms with Gasteiger partial charge in [-0.25, -0.2) is 0 Å². The van der Waals surface area contributed by atoms with Crippen LogP contribution in [0.5, 0.6) is 0 Å². The first-order chi connectivity index (χ1) is 8.27. The van der Waals surface area contributed by atoms with E-state index in [1.54, 1.807) is 0 Å². The number of piperidine rings is 1. The van der Waals surface area contributed by atoms with Crippen molar-refractivity contribution in [3.63, 3.8) is 0 Å². The topological polar surface area (TPSA) is 23.5 Å². The largest absolute Gasteiger partial charge is 0.391 e. The minimum absolute atomic E-state index is 0.107. The van der Waals surface area contributed by atoms with Gasteiger partial charge in [-0.05, 0) is 51.0 Å². The number of likely N-dealkylation sites (tertiary alicyclic amines) is 1. The summed E-state index contributed by atoms with van der Waals surface area (Å²) in [6.07, 6.45) is 10.0. The van der Waals surface area contributed by atoms with Crippen molar-refractivity contribution in [3.8, 4) is 0 Å². The number of hydrogen-bond acceptors (Lipinski definition) is 2. The van der Waals surface area contributed by atoms with Gasteiger partial charge in [0.05, 0.1) is 6.10 Å². The maximum atomic E-state index is 10.3. The molecule has 1 N–H and O–H groups in total. The van der Waals surface area contributed by atoms with Crippen molar-refractivity contribution in [3.05, 3.63) is 0 Å². The predicted molar refractivity (Wildman–Crippen MR) is 72.1 cm³/mol. The Balaban J connectivity index is 2.01. The first-order valence-corrected chi connectivity index (χ1v) is 7.71. The average Bonchev–Trinajstić information content (AvgIpc) is 2.79. The van der Waals surface area contributed by atoms with E-state index in [0.29, 0.717) is 6.04 Å². The quantitative estimate of drug-likeness (QED) is 0.796. The fourth-order valence-corrected chi connectivity index (χ4v) is 4.12. The third-order valence-corrected chi connectivity index (χ3v) is 4.91. The van der Waals surface area contributed by atoms with Crippen LogP contribution in [0.2, 0.25) is 0 Å². The average molecular weight is 239 g/mol. The Labute approximate surface area is 106 Å². The van der Waals surface area contributed by atoms with Gasteiger partial charge in [-0.2, -0.15) is 0 Å². The first-order valence-electron chi connectivity index (χ1n) is 7.71. The van der Waals surface area contributed by atoms with Gasteiger partial charge in [0.15, 0.2) is 0 Å². The van der Waals surface area contributed by atoms with Crippen LogP contribution in [0.15, 0.2) is 0 Å². The van der Waals surface area contributed by atoms with E-state index in [4.69, 9.17) is 0 Å². The summed E-state index contributed by atoms with van der Waals surface area (Å²) in [5, 5.41) is 10.3. The van der Waals surface area contributed by atoms with Crippen molar-refractivity contribution in [2.45, 2.75) is 83.4 Å². The molecule has 2 nitrogen and oxygen atoms in total. The van der Waals surface area contributed by atoms with Gasteiger partial charge in [-0.1, -0.05) is 26.7 Å². The molecule has 0 radical (unpaired) electrons. The molecule has 100 valence electrons. The monoisotopic (exact) mass is 239 g/mol. The molecule has 2 aliphatic rings. The van der Waals surface area contributed by atoms with Crippen molar-refractivity contribution >= 4 is 0 Å². The highest BCUT2D eigenvalue weighted by Crippen LogP contribution is 2.38. The zero-order chi connectivity index (χ0) is 12.3. The van der Waals surface area contributed by atoms with Crippen molar-refractivity contribution < 1.29 is 5.11 Å². The normalized spacial score (nSPS) is 33.4. The van der Waals surface area contributed by atoms with E-state index in [9.17, 15) is 5.11 Å². The molecule has 2 heteroatoms. The second-order valence-corrected chi connectivity index (χ2v) is 5.97. The standard InChI is InChI=1S/C15H29NO/c1-3-7-15(17)13(4-2)16-11-6-9-12-8-5-10-14(12)16/h12-15,17H,3-11H2,1-2H3. The van der Waals surface area contributed by atoms with Gasteiger partial charge in [0.1, 0.15) is 0 Å². The lowest BCUT2D eigenvalue weighted by Crippen LogP contribution is -2.52. The molecule has 1 aliphatic heterocycles. The summed E-state index contributed by atoms with van der Waals surface area (Å²) < 4.78 is 0. The molecular weight excluding hydrogens is 210 g/mol. The predicted octanol–water partition coefficient (Wildman–Crippen LogP) is 3.19. The van der Waals surface area contributed by atoms with Gasteiger partial charge in [-0.15, -0.1) is 0 Å². The Bertz CT molecular complexity index is 231. The molecule has 0 spiro atoms. The Kier molecular flexibility index (Phi) is 4.87. The zero-order valence-corrected chi connectivity index (χ0v) is 11.6. The van der Waals surface area contributed by atoms with Crippen LogP contribution in [-0.4, -0.2) is 34.7 Å². The van der Waals surface area contributed by atoms with Gasteiger partial charge in [0, 0.05) is 12.1 Å². The van der Waals surface area contributed by atoms with E-state index in [2.05, 4.69) is 18.7 Å². The fourth-order valence-electron chi connectivity index (χ4n) is 4.12. The SMILES string of the molecule is CCCC(O)C(CC)N1CCCC2CCCC21. The number of rotatable bonds is 5. The molecule has 0 amide bonds. The van der Waals surface area contributed by atoms with Gasteiger partial charge in [-0.3, -0.25) is 4.90 Å². The van der Waals surface area contributed by atoms with Crippen LogP contribution >= 0.6 is 0 Å². The summed E-state index contributed by atoms with van der Waals surface area (Å²) in [5.41, 5.74) is 0. The number of nitrogens with zero attached hydrogens (tertiary/aromatic N) is 1. The molecule has 0 aromatic heterocycles. The number of aliphatic hydroxyl groups excluding tert-OH is 1. The number of aliphatic hydroxyl groups is 1. The fraction of sp³-hybridized carbons (Fsp3) is 1.00. The maximum Gasteiger partial charge on any atom is 0.0695 e. The summed E-state index contributed by atoms with van der Waals surface area (Å²) in [6, 6.07) is 1.21. The number of hydrogen-bond donors (Lipinski definition) is 1. The van der Waals surface area contributed by atoms with Crippen LogP contribution in [0.1, 0.15) is 65.2 Å². The van der Waals surface area contributed by atoms with Gasteiger partial charge >= 0.3 is 0 Å². The third kappa shape index (κ3) is 2.85. The van der Waals surface area contributed by atoms with Crippen molar-refractivity contribution in [1.82, 2.24) is 4.90 Å². The molecule has 2 fully saturated rings. The molecule has 1 heterocycles. The molecule has 2 rings (SSSR count). The summed E-state index contributed by atoms with van der Waals surface area (Å²) in [5.74, 6) is 0.937. The Morgan fingerprint density at radius 3 is 2.65 bits per heavy atom. The van der Waals surface area contributed by atoms with Crippen LogP contribution in [-0.2, 0) is 0 Å². The highest BCUT2D eigenvalue weighted by Gasteiger charge is 2.39.